The minimum absolute atomic E-state index is 0.179. The third-order valence-electron chi connectivity index (χ3n) is 6.37. The summed E-state index contributed by atoms with van der Waals surface area (Å²) in [6, 6.07) is 14.3. The van der Waals surface area contributed by atoms with Crippen molar-refractivity contribution in [2.75, 3.05) is 50.8 Å². The summed E-state index contributed by atoms with van der Waals surface area (Å²) in [5.41, 5.74) is 1.06. The molecule has 0 aliphatic carbocycles. The van der Waals surface area contributed by atoms with Crippen LogP contribution in [0.25, 0.3) is 10.9 Å². The molecule has 9 heteroatoms. The molecule has 1 aliphatic heterocycles. The number of pyridine rings is 1. The first-order valence-corrected chi connectivity index (χ1v) is 13.5. The highest BCUT2D eigenvalue weighted by atomic mass is 35.5. The highest BCUT2D eigenvalue weighted by molar-refractivity contribution is 6.43. The van der Waals surface area contributed by atoms with Crippen LogP contribution in [0.15, 0.2) is 53.3 Å². The van der Waals surface area contributed by atoms with Crippen molar-refractivity contribution in [3.05, 3.63) is 68.9 Å². The van der Waals surface area contributed by atoms with E-state index < -0.39 is 11.7 Å². The van der Waals surface area contributed by atoms with Crippen LogP contribution in [0.4, 0.5) is 10.5 Å². The van der Waals surface area contributed by atoms with Crippen molar-refractivity contribution in [2.45, 2.75) is 26.7 Å². The molecule has 7 nitrogen and oxygen atoms in total. The van der Waals surface area contributed by atoms with E-state index >= 15 is 0 Å². The molecule has 1 saturated heterocycles. The Bertz CT molecular complexity index is 1290. The number of halogens is 2. The third-order valence-corrected chi connectivity index (χ3v) is 7.18. The average Bonchev–Trinajstić information content (AvgIpc) is 2.89. The highest BCUT2D eigenvalue weighted by Gasteiger charge is 2.19. The molecule has 4 rings (SSSR count). The van der Waals surface area contributed by atoms with Gasteiger partial charge in [0.1, 0.15) is 5.75 Å². The number of aromatic nitrogens is 1. The summed E-state index contributed by atoms with van der Waals surface area (Å²) < 4.78 is 12.3. The normalized spacial score (nSPS) is 14.4. The Hall–Kier alpha value is -2.74. The summed E-state index contributed by atoms with van der Waals surface area (Å²) in [6.45, 7) is 9.46. The van der Waals surface area contributed by atoms with E-state index in [1.54, 1.807) is 12.1 Å². The van der Waals surface area contributed by atoms with Crippen LogP contribution in [0.3, 0.4) is 0 Å². The van der Waals surface area contributed by atoms with E-state index in [0.29, 0.717) is 27.9 Å². The Morgan fingerprint density at radius 3 is 2.51 bits per heavy atom. The number of rotatable bonds is 9. The molecule has 0 amide bonds. The number of carbonyl (C=O) groups excluding carboxylic acids is 1. The van der Waals surface area contributed by atoms with Gasteiger partial charge in [0.25, 0.3) is 5.56 Å². The lowest BCUT2D eigenvalue weighted by molar-refractivity contribution is 0.134. The standard InChI is InChI=1S/C28H33Cl2N3O4/c1-20(2)19-37-28(35)33-25-18-22(10-8-21(25)9-11-26(33)34)36-17-4-3-12-31-13-15-32(16-14-31)24-7-5-6-23(29)27(24)30/h5-11,18,20H,3-4,12-17,19H2,1-2H3. The molecule has 0 atom stereocenters. The van der Waals surface area contributed by atoms with Gasteiger partial charge in [-0.1, -0.05) is 43.1 Å². The van der Waals surface area contributed by atoms with E-state index in [4.69, 9.17) is 32.7 Å². The Morgan fingerprint density at radius 1 is 1.00 bits per heavy atom. The summed E-state index contributed by atoms with van der Waals surface area (Å²) in [5, 5.41) is 1.97. The van der Waals surface area contributed by atoms with Crippen molar-refractivity contribution in [1.29, 1.82) is 0 Å². The molecule has 0 unspecified atom stereocenters. The second-order valence-corrected chi connectivity index (χ2v) is 10.4. The van der Waals surface area contributed by atoms with Gasteiger partial charge in [-0.25, -0.2) is 9.36 Å². The monoisotopic (exact) mass is 545 g/mol. The summed E-state index contributed by atoms with van der Waals surface area (Å²) in [7, 11) is 0. The zero-order chi connectivity index (χ0) is 26.4. The van der Waals surface area contributed by atoms with Crippen molar-refractivity contribution in [3.8, 4) is 5.75 Å². The van der Waals surface area contributed by atoms with E-state index in [2.05, 4.69) is 9.80 Å². The Kier molecular flexibility index (Phi) is 9.35. The largest absolute Gasteiger partial charge is 0.494 e. The molecular formula is C28H33Cl2N3O4. The van der Waals surface area contributed by atoms with Gasteiger partial charge in [0.2, 0.25) is 0 Å². The lowest BCUT2D eigenvalue weighted by atomic mass is 10.2. The SMILES string of the molecule is CC(C)COC(=O)n1c(=O)ccc2ccc(OCCCCN3CCN(c4cccc(Cl)c4Cl)CC3)cc21. The van der Waals surface area contributed by atoms with Crippen molar-refractivity contribution < 1.29 is 14.3 Å². The molecule has 0 saturated carbocycles. The number of fused-ring (bicyclic) bond motifs is 1. The number of piperazine rings is 1. The number of hydrogen-bond donors (Lipinski definition) is 0. The minimum atomic E-state index is -0.667. The van der Waals surface area contributed by atoms with Crippen molar-refractivity contribution in [3.63, 3.8) is 0 Å². The minimum Gasteiger partial charge on any atom is -0.494 e. The topological polar surface area (TPSA) is 64.0 Å². The van der Waals surface area contributed by atoms with Gasteiger partial charge < -0.3 is 14.4 Å². The maximum absolute atomic E-state index is 12.6. The van der Waals surface area contributed by atoms with Crippen LogP contribution < -0.4 is 15.2 Å². The van der Waals surface area contributed by atoms with Crippen molar-refractivity contribution in [1.82, 2.24) is 9.47 Å². The molecular weight excluding hydrogens is 513 g/mol. The highest BCUT2D eigenvalue weighted by Crippen LogP contribution is 2.32. The first kappa shape index (κ1) is 27.3. The molecule has 2 aromatic carbocycles. The second-order valence-electron chi connectivity index (χ2n) is 9.66. The fraction of sp³-hybridized carbons (Fsp3) is 0.429. The first-order chi connectivity index (χ1) is 17.8. The summed E-state index contributed by atoms with van der Waals surface area (Å²) in [6.07, 6.45) is 1.24. The van der Waals surface area contributed by atoms with Crippen LogP contribution in [-0.2, 0) is 4.74 Å². The lowest BCUT2D eigenvalue weighted by Gasteiger charge is -2.36. The van der Waals surface area contributed by atoms with Crippen LogP contribution in [0.2, 0.25) is 10.0 Å². The molecule has 0 radical (unpaired) electrons. The Morgan fingerprint density at radius 2 is 1.76 bits per heavy atom. The average molecular weight is 546 g/mol. The van der Waals surface area contributed by atoms with Crippen LogP contribution in [0.1, 0.15) is 26.7 Å². The van der Waals surface area contributed by atoms with Gasteiger partial charge in [-0.15, -0.1) is 0 Å². The molecule has 3 aromatic rings. The quantitative estimate of drug-likeness (QED) is 0.310. The Balaban J connectivity index is 1.25. The van der Waals surface area contributed by atoms with E-state index in [0.717, 1.165) is 61.2 Å². The third kappa shape index (κ3) is 6.98. The van der Waals surface area contributed by atoms with Gasteiger partial charge in [0.15, 0.2) is 0 Å². The maximum Gasteiger partial charge on any atom is 0.421 e. The number of unbranched alkanes of at least 4 members (excludes halogenated alkanes) is 1. The number of anilines is 1. The van der Waals surface area contributed by atoms with E-state index in [9.17, 15) is 9.59 Å². The fourth-order valence-corrected chi connectivity index (χ4v) is 4.78. The summed E-state index contributed by atoms with van der Waals surface area (Å²) in [5.74, 6) is 0.800. The van der Waals surface area contributed by atoms with Crippen LogP contribution in [0.5, 0.6) is 5.75 Å². The van der Waals surface area contributed by atoms with Crippen molar-refractivity contribution >= 4 is 45.9 Å². The molecule has 2 heterocycles. The maximum atomic E-state index is 12.6. The number of nitrogens with zero attached hydrogens (tertiary/aromatic N) is 3. The van der Waals surface area contributed by atoms with E-state index in [1.807, 2.05) is 44.2 Å². The molecule has 0 N–H and O–H groups in total. The predicted octanol–water partition coefficient (Wildman–Crippen LogP) is 5.93. The van der Waals surface area contributed by atoms with Crippen LogP contribution in [-0.4, -0.2) is 61.5 Å². The smallest absolute Gasteiger partial charge is 0.421 e. The first-order valence-electron chi connectivity index (χ1n) is 12.7. The van der Waals surface area contributed by atoms with Crippen molar-refractivity contribution in [2.24, 2.45) is 5.92 Å². The van der Waals surface area contributed by atoms with Gasteiger partial charge in [-0.05, 0) is 61.0 Å². The lowest BCUT2D eigenvalue weighted by Crippen LogP contribution is -2.46. The van der Waals surface area contributed by atoms with Gasteiger partial charge in [0, 0.05) is 38.3 Å². The summed E-state index contributed by atoms with van der Waals surface area (Å²) in [4.78, 5) is 29.7. The molecule has 1 fully saturated rings. The van der Waals surface area contributed by atoms with Gasteiger partial charge in [-0.3, -0.25) is 9.69 Å². The van der Waals surface area contributed by atoms with E-state index in [-0.39, 0.29) is 12.5 Å². The number of ether oxygens (including phenoxy) is 2. The number of carbonyl (C=O) groups is 1. The molecule has 37 heavy (non-hydrogen) atoms. The predicted molar refractivity (Wildman–Crippen MR) is 150 cm³/mol. The fourth-order valence-electron chi connectivity index (χ4n) is 4.37. The molecule has 1 aromatic heterocycles. The van der Waals surface area contributed by atoms with Gasteiger partial charge in [-0.2, -0.15) is 0 Å². The zero-order valence-corrected chi connectivity index (χ0v) is 22.8. The molecule has 0 spiro atoms. The molecule has 1 aliphatic rings. The molecule has 0 bridgehead atoms. The Labute approximate surface area is 227 Å². The molecule has 198 valence electrons. The van der Waals surface area contributed by atoms with Crippen LogP contribution in [0, 0.1) is 5.92 Å². The van der Waals surface area contributed by atoms with Crippen LogP contribution >= 0.6 is 23.2 Å². The van der Waals surface area contributed by atoms with Gasteiger partial charge >= 0.3 is 6.09 Å². The van der Waals surface area contributed by atoms with E-state index in [1.165, 1.54) is 6.07 Å². The number of hydrogen-bond acceptors (Lipinski definition) is 6. The summed E-state index contributed by atoms with van der Waals surface area (Å²) >= 11 is 12.5. The second kappa shape index (κ2) is 12.7. The van der Waals surface area contributed by atoms with Gasteiger partial charge in [0.05, 0.1) is 34.5 Å². The number of benzene rings is 2. The zero-order valence-electron chi connectivity index (χ0n) is 21.3.